The highest BCUT2D eigenvalue weighted by Crippen LogP contribution is 2.42. The van der Waals surface area contributed by atoms with E-state index in [9.17, 15) is 14.7 Å². The zero-order valence-corrected chi connectivity index (χ0v) is 11.6. The molecule has 4 heteroatoms. The second-order valence-corrected chi connectivity index (χ2v) is 5.67. The Balaban J connectivity index is 2.69. The lowest BCUT2D eigenvalue weighted by Crippen LogP contribution is -2.43. The summed E-state index contributed by atoms with van der Waals surface area (Å²) in [5, 5.41) is 9.24. The van der Waals surface area contributed by atoms with Gasteiger partial charge < -0.3 is 9.84 Å². The third-order valence-electron chi connectivity index (χ3n) is 4.17. The van der Waals surface area contributed by atoms with Crippen LogP contribution in [0.4, 0.5) is 0 Å². The number of aliphatic carboxylic acids is 1. The molecule has 0 aromatic rings. The number of esters is 1. The Morgan fingerprint density at radius 3 is 2.67 bits per heavy atom. The average Bonchev–Trinajstić information content (AvgIpc) is 2.35. The molecule has 1 N–H and O–H groups in total. The maximum Gasteiger partial charge on any atom is 0.312 e. The summed E-state index contributed by atoms with van der Waals surface area (Å²) in [6.07, 6.45) is 3.92. The Hall–Kier alpha value is -1.06. The largest absolute Gasteiger partial charge is 0.481 e. The Labute approximate surface area is 109 Å². The molecule has 4 nitrogen and oxygen atoms in total. The first kappa shape index (κ1) is 15.0. The van der Waals surface area contributed by atoms with Gasteiger partial charge in [0.2, 0.25) is 0 Å². The zero-order chi connectivity index (χ0) is 13.8. The molecule has 0 aliphatic heterocycles. The Morgan fingerprint density at radius 1 is 1.44 bits per heavy atom. The summed E-state index contributed by atoms with van der Waals surface area (Å²) in [6, 6.07) is 0. The van der Waals surface area contributed by atoms with Crippen LogP contribution in [0.5, 0.6) is 0 Å². The van der Waals surface area contributed by atoms with Crippen molar-refractivity contribution < 1.29 is 19.4 Å². The fourth-order valence-electron chi connectivity index (χ4n) is 2.47. The van der Waals surface area contributed by atoms with E-state index in [-0.39, 0.29) is 5.97 Å². The van der Waals surface area contributed by atoms with Crippen LogP contribution < -0.4 is 0 Å². The van der Waals surface area contributed by atoms with Crippen LogP contribution >= 0.6 is 0 Å². The molecule has 104 valence electrons. The number of carboxylic acids is 1. The summed E-state index contributed by atoms with van der Waals surface area (Å²) in [5.74, 6) is -1.49. The summed E-state index contributed by atoms with van der Waals surface area (Å²) in [7, 11) is 0. The molecule has 18 heavy (non-hydrogen) atoms. The van der Waals surface area contributed by atoms with Crippen molar-refractivity contribution in [2.45, 2.75) is 52.9 Å². The van der Waals surface area contributed by atoms with Crippen molar-refractivity contribution in [2.24, 2.45) is 17.3 Å². The molecule has 3 unspecified atom stereocenters. The van der Waals surface area contributed by atoms with Gasteiger partial charge in [-0.05, 0) is 25.7 Å². The Kier molecular flexibility index (Phi) is 5.17. The molecule has 0 aromatic heterocycles. The first-order valence-corrected chi connectivity index (χ1v) is 6.81. The van der Waals surface area contributed by atoms with Gasteiger partial charge in [0.15, 0.2) is 0 Å². The van der Waals surface area contributed by atoms with Crippen molar-refractivity contribution >= 4 is 11.9 Å². The van der Waals surface area contributed by atoms with E-state index in [4.69, 9.17) is 4.74 Å². The van der Waals surface area contributed by atoms with Crippen molar-refractivity contribution in [1.82, 2.24) is 0 Å². The first-order valence-electron chi connectivity index (χ1n) is 6.81. The van der Waals surface area contributed by atoms with Gasteiger partial charge in [-0.1, -0.05) is 33.1 Å². The summed E-state index contributed by atoms with van der Waals surface area (Å²) in [4.78, 5) is 23.4. The van der Waals surface area contributed by atoms with Crippen LogP contribution in [-0.2, 0) is 14.3 Å². The molecule has 0 amide bonds. The van der Waals surface area contributed by atoms with Crippen LogP contribution in [0.25, 0.3) is 0 Å². The maximum atomic E-state index is 12.2. The second-order valence-electron chi connectivity index (χ2n) is 5.67. The topological polar surface area (TPSA) is 63.6 Å². The van der Waals surface area contributed by atoms with Gasteiger partial charge >= 0.3 is 11.9 Å². The normalized spacial score (nSPS) is 29.6. The molecular weight excluding hydrogens is 232 g/mol. The van der Waals surface area contributed by atoms with Crippen molar-refractivity contribution in [3.05, 3.63) is 0 Å². The van der Waals surface area contributed by atoms with Gasteiger partial charge in [0.1, 0.15) is 0 Å². The van der Waals surface area contributed by atoms with Crippen LogP contribution in [-0.4, -0.2) is 23.7 Å². The number of rotatable bonds is 5. The maximum absolute atomic E-state index is 12.2. The lowest BCUT2D eigenvalue weighted by molar-refractivity contribution is -0.170. The third kappa shape index (κ3) is 3.24. The smallest absolute Gasteiger partial charge is 0.312 e. The molecular formula is C14H24O4. The van der Waals surface area contributed by atoms with Gasteiger partial charge in [-0.2, -0.15) is 0 Å². The van der Waals surface area contributed by atoms with E-state index in [1.807, 2.05) is 13.8 Å². The van der Waals surface area contributed by atoms with E-state index in [1.165, 1.54) is 0 Å². The molecule has 0 radical (unpaired) electrons. The lowest BCUT2D eigenvalue weighted by Gasteiger charge is -2.36. The minimum atomic E-state index is -0.877. The van der Waals surface area contributed by atoms with E-state index in [2.05, 4.69) is 0 Å². The van der Waals surface area contributed by atoms with Gasteiger partial charge in [-0.25, -0.2) is 0 Å². The number of hydrogen-bond acceptors (Lipinski definition) is 3. The second kappa shape index (κ2) is 6.21. The molecule has 1 aliphatic rings. The molecule has 0 aromatic carbocycles. The number of hydrogen-bond donors (Lipinski definition) is 1. The van der Waals surface area contributed by atoms with Gasteiger partial charge in [-0.3, -0.25) is 9.59 Å². The van der Waals surface area contributed by atoms with E-state index >= 15 is 0 Å². The highest BCUT2D eigenvalue weighted by Gasteiger charge is 2.47. The first-order chi connectivity index (χ1) is 8.41. The lowest BCUT2D eigenvalue weighted by atomic mass is 9.67. The van der Waals surface area contributed by atoms with E-state index < -0.39 is 17.3 Å². The predicted molar refractivity (Wildman–Crippen MR) is 68.1 cm³/mol. The van der Waals surface area contributed by atoms with Gasteiger partial charge in [0, 0.05) is 0 Å². The van der Waals surface area contributed by atoms with Crippen LogP contribution in [0.1, 0.15) is 52.9 Å². The van der Waals surface area contributed by atoms with Gasteiger partial charge in [0.05, 0.1) is 17.9 Å². The highest BCUT2D eigenvalue weighted by atomic mass is 16.5. The fourth-order valence-corrected chi connectivity index (χ4v) is 2.47. The third-order valence-corrected chi connectivity index (χ3v) is 4.17. The molecule has 0 saturated heterocycles. The van der Waals surface area contributed by atoms with Crippen molar-refractivity contribution in [1.29, 1.82) is 0 Å². The Morgan fingerprint density at radius 2 is 2.11 bits per heavy atom. The molecule has 1 fully saturated rings. The summed E-state index contributed by atoms with van der Waals surface area (Å²) >= 11 is 0. The van der Waals surface area contributed by atoms with E-state index in [1.54, 1.807) is 6.92 Å². The molecule has 1 saturated carbocycles. The molecule has 0 bridgehead atoms. The monoisotopic (exact) mass is 256 g/mol. The van der Waals surface area contributed by atoms with Crippen LogP contribution in [0, 0.1) is 17.3 Å². The van der Waals surface area contributed by atoms with Crippen molar-refractivity contribution in [2.75, 3.05) is 6.61 Å². The molecule has 3 atom stereocenters. The number of carboxylic acid groups (broad SMARTS) is 1. The van der Waals surface area contributed by atoms with E-state index in [0.29, 0.717) is 25.4 Å². The minimum absolute atomic E-state index is 0.324. The molecule has 1 aliphatic carbocycles. The number of ether oxygens (including phenoxy) is 1. The van der Waals surface area contributed by atoms with Crippen LogP contribution in [0.3, 0.4) is 0 Å². The minimum Gasteiger partial charge on any atom is -0.481 e. The SMILES string of the molecule is CCC(C)COC(=O)C1(C)CCCCC1C(=O)O. The molecule has 0 spiro atoms. The summed E-state index contributed by atoms with van der Waals surface area (Å²) in [5.41, 5.74) is -0.850. The zero-order valence-electron chi connectivity index (χ0n) is 11.6. The fraction of sp³-hybridized carbons (Fsp3) is 0.857. The molecule has 0 heterocycles. The molecule has 1 rings (SSSR count). The van der Waals surface area contributed by atoms with E-state index in [0.717, 1.165) is 19.3 Å². The quantitative estimate of drug-likeness (QED) is 0.768. The van der Waals surface area contributed by atoms with Crippen molar-refractivity contribution in [3.8, 4) is 0 Å². The number of carbonyl (C=O) groups excluding carboxylic acids is 1. The highest BCUT2D eigenvalue weighted by molar-refractivity contribution is 5.84. The number of carbonyl (C=O) groups is 2. The standard InChI is InChI=1S/C14H24O4/c1-4-10(2)9-18-13(17)14(3)8-6-5-7-11(14)12(15)16/h10-11H,4-9H2,1-3H3,(H,15,16). The van der Waals surface area contributed by atoms with Crippen LogP contribution in [0.2, 0.25) is 0 Å². The predicted octanol–water partition coefficient (Wildman–Crippen LogP) is 2.86. The van der Waals surface area contributed by atoms with Crippen molar-refractivity contribution in [3.63, 3.8) is 0 Å². The summed E-state index contributed by atoms with van der Waals surface area (Å²) < 4.78 is 5.32. The summed E-state index contributed by atoms with van der Waals surface area (Å²) in [6.45, 7) is 6.19. The van der Waals surface area contributed by atoms with Gasteiger partial charge in [-0.15, -0.1) is 0 Å². The van der Waals surface area contributed by atoms with Gasteiger partial charge in [0.25, 0.3) is 0 Å². The average molecular weight is 256 g/mol. The van der Waals surface area contributed by atoms with Crippen LogP contribution in [0.15, 0.2) is 0 Å². The Bertz CT molecular complexity index is 313.